The molecule has 0 aliphatic carbocycles. The highest BCUT2D eigenvalue weighted by atomic mass is 15.2. The second-order valence-corrected chi connectivity index (χ2v) is 2.90. The summed E-state index contributed by atoms with van der Waals surface area (Å²) in [6.07, 6.45) is 3.61. The van der Waals surface area contributed by atoms with Crippen molar-refractivity contribution in [3.63, 3.8) is 0 Å². The van der Waals surface area contributed by atoms with Crippen LogP contribution in [0.25, 0.3) is 5.70 Å². The molecule has 0 atom stereocenters. The molecule has 0 bridgehead atoms. The van der Waals surface area contributed by atoms with Crippen molar-refractivity contribution in [3.05, 3.63) is 30.6 Å². The zero-order valence-corrected chi connectivity index (χ0v) is 7.04. The molecule has 1 aliphatic heterocycles. The lowest BCUT2D eigenvalue weighted by atomic mass is 10.1. The minimum atomic E-state index is 0.803. The van der Waals surface area contributed by atoms with Gasteiger partial charge in [-0.1, -0.05) is 6.58 Å². The standard InChI is InChI=1S/C9H11N3/c1-7-8-3-4-10-5-9(8)11-6-12(7)2/h3-5,11H,1,6H2,2H3. The first-order valence-electron chi connectivity index (χ1n) is 3.87. The fraction of sp³-hybridized carbons (Fsp3) is 0.222. The molecule has 62 valence electrons. The molecule has 0 fully saturated rings. The van der Waals surface area contributed by atoms with Gasteiger partial charge in [0.2, 0.25) is 0 Å². The average Bonchev–Trinajstić information content (AvgIpc) is 2.12. The van der Waals surface area contributed by atoms with Crippen molar-refractivity contribution in [2.24, 2.45) is 0 Å². The number of nitrogens with one attached hydrogen (secondary N) is 1. The SMILES string of the molecule is C=C1c2ccncc2NCN1C. The second-order valence-electron chi connectivity index (χ2n) is 2.90. The van der Waals surface area contributed by atoms with Crippen LogP contribution in [0.3, 0.4) is 0 Å². The van der Waals surface area contributed by atoms with Crippen LogP contribution < -0.4 is 5.32 Å². The first kappa shape index (κ1) is 7.16. The van der Waals surface area contributed by atoms with Gasteiger partial charge in [0.25, 0.3) is 0 Å². The zero-order chi connectivity index (χ0) is 8.55. The number of pyridine rings is 1. The van der Waals surface area contributed by atoms with E-state index in [2.05, 4.69) is 21.8 Å². The van der Waals surface area contributed by atoms with Crippen molar-refractivity contribution in [1.29, 1.82) is 0 Å². The monoisotopic (exact) mass is 161 g/mol. The van der Waals surface area contributed by atoms with Crippen LogP contribution in [0.1, 0.15) is 5.56 Å². The highest BCUT2D eigenvalue weighted by molar-refractivity contribution is 5.75. The lowest BCUT2D eigenvalue weighted by Gasteiger charge is -2.29. The van der Waals surface area contributed by atoms with E-state index in [9.17, 15) is 0 Å². The Morgan fingerprint density at radius 2 is 2.50 bits per heavy atom. The summed E-state index contributed by atoms with van der Waals surface area (Å²) in [5, 5.41) is 3.25. The minimum Gasteiger partial charge on any atom is -0.366 e. The van der Waals surface area contributed by atoms with Gasteiger partial charge >= 0.3 is 0 Å². The molecule has 3 nitrogen and oxygen atoms in total. The van der Waals surface area contributed by atoms with E-state index in [1.165, 1.54) is 0 Å². The summed E-state index contributed by atoms with van der Waals surface area (Å²) >= 11 is 0. The summed E-state index contributed by atoms with van der Waals surface area (Å²) in [7, 11) is 2.01. The highest BCUT2D eigenvalue weighted by Gasteiger charge is 2.14. The Kier molecular flexibility index (Phi) is 1.50. The molecule has 0 saturated heterocycles. The molecule has 12 heavy (non-hydrogen) atoms. The van der Waals surface area contributed by atoms with E-state index in [0.717, 1.165) is 23.6 Å². The number of anilines is 1. The van der Waals surface area contributed by atoms with Crippen molar-refractivity contribution in [3.8, 4) is 0 Å². The highest BCUT2D eigenvalue weighted by Crippen LogP contribution is 2.26. The van der Waals surface area contributed by atoms with Crippen LogP contribution in [0.2, 0.25) is 0 Å². The number of aromatic nitrogens is 1. The van der Waals surface area contributed by atoms with Crippen molar-refractivity contribution in [2.75, 3.05) is 19.0 Å². The van der Waals surface area contributed by atoms with Crippen molar-refractivity contribution in [2.45, 2.75) is 0 Å². The molecular formula is C9H11N3. The van der Waals surface area contributed by atoms with Gasteiger partial charge in [0.15, 0.2) is 0 Å². The largest absolute Gasteiger partial charge is 0.366 e. The Morgan fingerprint density at radius 1 is 1.67 bits per heavy atom. The fourth-order valence-electron chi connectivity index (χ4n) is 1.29. The predicted octanol–water partition coefficient (Wildman–Crippen LogP) is 1.37. The van der Waals surface area contributed by atoms with Crippen LogP contribution in [0, 0.1) is 0 Å². The Hall–Kier alpha value is -1.51. The molecule has 0 saturated carbocycles. The summed E-state index contributed by atoms with van der Waals surface area (Å²) in [5.74, 6) is 0. The molecule has 0 radical (unpaired) electrons. The van der Waals surface area contributed by atoms with Gasteiger partial charge < -0.3 is 10.2 Å². The second kappa shape index (κ2) is 2.52. The molecule has 2 heterocycles. The van der Waals surface area contributed by atoms with Gasteiger partial charge in [-0.2, -0.15) is 0 Å². The third-order valence-corrected chi connectivity index (χ3v) is 2.10. The number of fused-ring (bicyclic) bond motifs is 1. The van der Waals surface area contributed by atoms with E-state index >= 15 is 0 Å². The van der Waals surface area contributed by atoms with Crippen molar-refractivity contribution in [1.82, 2.24) is 9.88 Å². The van der Waals surface area contributed by atoms with Gasteiger partial charge in [0.05, 0.1) is 18.6 Å². The van der Waals surface area contributed by atoms with Gasteiger partial charge in [-0.3, -0.25) is 4.98 Å². The molecule has 1 N–H and O–H groups in total. The van der Waals surface area contributed by atoms with E-state index in [1.807, 2.05) is 19.3 Å². The Morgan fingerprint density at radius 3 is 3.33 bits per heavy atom. The maximum atomic E-state index is 4.04. The predicted molar refractivity (Wildman–Crippen MR) is 49.5 cm³/mol. The molecule has 0 unspecified atom stereocenters. The Bertz CT molecular complexity index is 319. The molecule has 3 heteroatoms. The third kappa shape index (κ3) is 0.942. The number of rotatable bonds is 0. The maximum Gasteiger partial charge on any atom is 0.0873 e. The first-order chi connectivity index (χ1) is 5.79. The summed E-state index contributed by atoms with van der Waals surface area (Å²) in [5.41, 5.74) is 3.26. The van der Waals surface area contributed by atoms with E-state index in [0.29, 0.717) is 0 Å². The Labute approximate surface area is 71.7 Å². The quantitative estimate of drug-likeness (QED) is 0.622. The summed E-state index contributed by atoms with van der Waals surface area (Å²) in [4.78, 5) is 6.11. The lowest BCUT2D eigenvalue weighted by molar-refractivity contribution is 0.508. The molecular weight excluding hydrogens is 150 g/mol. The first-order valence-corrected chi connectivity index (χ1v) is 3.87. The van der Waals surface area contributed by atoms with E-state index in [1.54, 1.807) is 6.20 Å². The smallest absolute Gasteiger partial charge is 0.0873 e. The summed E-state index contributed by atoms with van der Waals surface area (Å²) in [6, 6.07) is 1.97. The molecule has 1 aliphatic rings. The number of nitrogens with zero attached hydrogens (tertiary/aromatic N) is 2. The molecule has 0 amide bonds. The third-order valence-electron chi connectivity index (χ3n) is 2.10. The normalized spacial score (nSPS) is 15.4. The van der Waals surface area contributed by atoms with Crippen LogP contribution in [0.4, 0.5) is 5.69 Å². The molecule has 1 aromatic rings. The molecule has 0 aromatic carbocycles. The van der Waals surface area contributed by atoms with E-state index in [4.69, 9.17) is 0 Å². The number of hydrogen-bond donors (Lipinski definition) is 1. The van der Waals surface area contributed by atoms with E-state index in [-0.39, 0.29) is 0 Å². The summed E-state index contributed by atoms with van der Waals surface area (Å²) < 4.78 is 0. The molecule has 2 rings (SSSR count). The lowest BCUT2D eigenvalue weighted by Crippen LogP contribution is -2.28. The van der Waals surface area contributed by atoms with E-state index < -0.39 is 0 Å². The van der Waals surface area contributed by atoms with Crippen LogP contribution in [-0.4, -0.2) is 23.6 Å². The van der Waals surface area contributed by atoms with Crippen LogP contribution in [-0.2, 0) is 0 Å². The van der Waals surface area contributed by atoms with Gasteiger partial charge in [-0.15, -0.1) is 0 Å². The summed E-state index contributed by atoms with van der Waals surface area (Å²) in [6.45, 7) is 4.80. The fourth-order valence-corrected chi connectivity index (χ4v) is 1.29. The van der Waals surface area contributed by atoms with Crippen LogP contribution >= 0.6 is 0 Å². The number of hydrogen-bond acceptors (Lipinski definition) is 3. The van der Waals surface area contributed by atoms with Crippen LogP contribution in [0.15, 0.2) is 25.0 Å². The van der Waals surface area contributed by atoms with Gasteiger partial charge in [0.1, 0.15) is 0 Å². The van der Waals surface area contributed by atoms with Gasteiger partial charge in [-0.25, -0.2) is 0 Å². The zero-order valence-electron chi connectivity index (χ0n) is 7.04. The van der Waals surface area contributed by atoms with Gasteiger partial charge in [0, 0.05) is 24.5 Å². The van der Waals surface area contributed by atoms with Gasteiger partial charge in [-0.05, 0) is 6.07 Å². The molecule has 0 spiro atoms. The topological polar surface area (TPSA) is 28.2 Å². The van der Waals surface area contributed by atoms with Crippen LogP contribution in [0.5, 0.6) is 0 Å². The Balaban J connectivity index is 2.49. The van der Waals surface area contributed by atoms with Crippen molar-refractivity contribution < 1.29 is 0 Å². The minimum absolute atomic E-state index is 0.803. The van der Waals surface area contributed by atoms with Crippen molar-refractivity contribution >= 4 is 11.4 Å². The maximum absolute atomic E-state index is 4.04. The molecule has 1 aromatic heterocycles. The average molecular weight is 161 g/mol.